The van der Waals surface area contributed by atoms with Crippen LogP contribution in [0.15, 0.2) is 18.2 Å². The lowest BCUT2D eigenvalue weighted by Gasteiger charge is -2.07. The van der Waals surface area contributed by atoms with E-state index < -0.39 is 4.92 Å². The third-order valence-corrected chi connectivity index (χ3v) is 4.48. The molecule has 0 aliphatic carbocycles. The second-order valence-corrected chi connectivity index (χ2v) is 7.70. The normalized spacial score (nSPS) is 10.8. The van der Waals surface area contributed by atoms with Gasteiger partial charge in [0.15, 0.2) is 0 Å². The minimum atomic E-state index is -0.442. The van der Waals surface area contributed by atoms with Crippen molar-refractivity contribution in [1.82, 2.24) is 0 Å². The van der Waals surface area contributed by atoms with Crippen molar-refractivity contribution < 1.29 is 24.0 Å². The molecule has 0 N–H and O–H groups in total. The van der Waals surface area contributed by atoms with Crippen LogP contribution >= 0.6 is 0 Å². The third kappa shape index (κ3) is 10.6. The summed E-state index contributed by atoms with van der Waals surface area (Å²) in [5.41, 5.74) is 0.973. The minimum absolute atomic E-state index is 0.00777. The molecule has 0 heterocycles. The quantitative estimate of drug-likeness (QED) is 0.180. The number of esters is 2. The van der Waals surface area contributed by atoms with Crippen molar-refractivity contribution in [3.05, 3.63) is 39.4 Å². The van der Waals surface area contributed by atoms with E-state index in [0.29, 0.717) is 36.5 Å². The van der Waals surface area contributed by atoms with Crippen molar-refractivity contribution >= 4 is 17.6 Å². The van der Waals surface area contributed by atoms with E-state index in [1.165, 1.54) is 0 Å². The van der Waals surface area contributed by atoms with E-state index in [1.54, 1.807) is 25.1 Å². The van der Waals surface area contributed by atoms with Gasteiger partial charge in [0.05, 0.1) is 17.1 Å². The van der Waals surface area contributed by atoms with Gasteiger partial charge in [-0.25, -0.2) is 0 Å². The van der Waals surface area contributed by atoms with Crippen molar-refractivity contribution in [2.24, 2.45) is 5.92 Å². The highest BCUT2D eigenvalue weighted by Gasteiger charge is 2.17. The molecule has 7 nitrogen and oxygen atoms in total. The van der Waals surface area contributed by atoms with Gasteiger partial charge in [0.25, 0.3) is 5.69 Å². The summed E-state index contributed by atoms with van der Waals surface area (Å²) in [6.45, 7) is 6.08. The highest BCUT2D eigenvalue weighted by molar-refractivity contribution is 5.69. The molecule has 0 amide bonds. The number of unbranched alkanes of at least 4 members (excludes halogenated alkanes) is 5. The highest BCUT2D eigenvalue weighted by atomic mass is 16.6. The maximum absolute atomic E-state index is 11.9. The predicted octanol–water partition coefficient (Wildman–Crippen LogP) is 5.27. The summed E-state index contributed by atoms with van der Waals surface area (Å²) in [6.07, 6.45) is 6.22. The molecule has 0 atom stereocenters. The Balaban J connectivity index is 2.10. The standard InChI is InChI=1S/C22H33NO6/c1-17(2)15-28-20(24)13-8-6-4-5-7-9-14-21(25)29-16-19-12-10-11-18(3)22(19)23(26)27/h10-12,17H,4-9,13-16H2,1-3H3. The number of ether oxygens (including phenoxy) is 2. The van der Waals surface area contributed by atoms with Gasteiger partial charge in [-0.1, -0.05) is 51.7 Å². The van der Waals surface area contributed by atoms with Crippen LogP contribution in [0.3, 0.4) is 0 Å². The topological polar surface area (TPSA) is 95.7 Å². The Hall–Kier alpha value is -2.44. The third-order valence-electron chi connectivity index (χ3n) is 4.48. The lowest BCUT2D eigenvalue weighted by atomic mass is 10.1. The Kier molecular flexibility index (Phi) is 11.6. The monoisotopic (exact) mass is 407 g/mol. The van der Waals surface area contributed by atoms with E-state index in [-0.39, 0.29) is 24.2 Å². The number of nitro groups is 1. The number of nitro benzene ring substituents is 1. The summed E-state index contributed by atoms with van der Waals surface area (Å²) in [4.78, 5) is 34.0. The molecule has 0 radical (unpaired) electrons. The molecule has 0 spiro atoms. The molecule has 29 heavy (non-hydrogen) atoms. The van der Waals surface area contributed by atoms with Crippen molar-refractivity contribution in [3.8, 4) is 0 Å². The summed E-state index contributed by atoms with van der Waals surface area (Å²) in [5, 5.41) is 11.1. The van der Waals surface area contributed by atoms with Crippen molar-refractivity contribution in [3.63, 3.8) is 0 Å². The van der Waals surface area contributed by atoms with Gasteiger partial charge >= 0.3 is 11.9 Å². The van der Waals surface area contributed by atoms with Crippen LogP contribution in [-0.2, 0) is 25.7 Å². The molecule has 0 unspecified atom stereocenters. The number of para-hydroxylation sites is 1. The summed E-state index contributed by atoms with van der Waals surface area (Å²) in [7, 11) is 0. The van der Waals surface area contributed by atoms with Crippen LogP contribution in [0.2, 0.25) is 0 Å². The van der Waals surface area contributed by atoms with E-state index in [0.717, 1.165) is 38.5 Å². The Labute approximate surface area is 172 Å². The zero-order chi connectivity index (χ0) is 21.6. The van der Waals surface area contributed by atoms with Crippen LogP contribution in [0.1, 0.15) is 76.3 Å². The first-order valence-electron chi connectivity index (χ1n) is 10.4. The molecule has 0 aliphatic heterocycles. The van der Waals surface area contributed by atoms with Crippen LogP contribution in [-0.4, -0.2) is 23.5 Å². The fourth-order valence-corrected chi connectivity index (χ4v) is 2.91. The first-order chi connectivity index (χ1) is 13.8. The van der Waals surface area contributed by atoms with Crippen molar-refractivity contribution in [2.75, 3.05) is 6.61 Å². The Morgan fingerprint density at radius 1 is 0.966 bits per heavy atom. The average molecular weight is 408 g/mol. The van der Waals surface area contributed by atoms with Gasteiger partial charge in [-0.3, -0.25) is 19.7 Å². The second kappa shape index (κ2) is 13.7. The number of carbonyl (C=O) groups excluding carboxylic acids is 2. The Bertz CT molecular complexity index is 671. The maximum Gasteiger partial charge on any atom is 0.306 e. The highest BCUT2D eigenvalue weighted by Crippen LogP contribution is 2.23. The number of hydrogen-bond donors (Lipinski definition) is 0. The van der Waals surface area contributed by atoms with E-state index >= 15 is 0 Å². The van der Waals surface area contributed by atoms with E-state index in [1.807, 2.05) is 13.8 Å². The Morgan fingerprint density at radius 2 is 1.52 bits per heavy atom. The number of hydrogen-bond acceptors (Lipinski definition) is 6. The first kappa shape index (κ1) is 24.6. The molecule has 7 heteroatoms. The lowest BCUT2D eigenvalue weighted by molar-refractivity contribution is -0.386. The van der Waals surface area contributed by atoms with Crippen molar-refractivity contribution in [1.29, 1.82) is 0 Å². The van der Waals surface area contributed by atoms with Crippen LogP contribution in [0.5, 0.6) is 0 Å². The first-order valence-corrected chi connectivity index (χ1v) is 10.4. The molecular formula is C22H33NO6. The molecule has 0 bridgehead atoms. The SMILES string of the molecule is Cc1cccc(COC(=O)CCCCCCCCC(=O)OCC(C)C)c1[N+](=O)[O-]. The molecule has 1 rings (SSSR count). The predicted molar refractivity (Wildman–Crippen MR) is 110 cm³/mol. The smallest absolute Gasteiger partial charge is 0.306 e. The van der Waals surface area contributed by atoms with Gasteiger partial charge in [-0.05, 0) is 31.7 Å². The zero-order valence-electron chi connectivity index (χ0n) is 17.8. The molecular weight excluding hydrogens is 374 g/mol. The summed E-state index contributed by atoms with van der Waals surface area (Å²) in [5.74, 6) is -0.110. The largest absolute Gasteiger partial charge is 0.465 e. The van der Waals surface area contributed by atoms with E-state index in [4.69, 9.17) is 9.47 Å². The molecule has 0 aromatic heterocycles. The van der Waals surface area contributed by atoms with Crippen LogP contribution in [0.25, 0.3) is 0 Å². The molecule has 1 aromatic carbocycles. The van der Waals surface area contributed by atoms with Crippen molar-refractivity contribution in [2.45, 2.75) is 78.7 Å². The van der Waals surface area contributed by atoms with Crippen LogP contribution in [0.4, 0.5) is 5.69 Å². The molecule has 0 saturated carbocycles. The molecule has 0 aliphatic rings. The van der Waals surface area contributed by atoms with Crippen LogP contribution in [0, 0.1) is 23.0 Å². The molecule has 0 saturated heterocycles. The van der Waals surface area contributed by atoms with E-state index in [9.17, 15) is 19.7 Å². The van der Waals surface area contributed by atoms with Gasteiger partial charge in [0, 0.05) is 18.4 Å². The lowest BCUT2D eigenvalue weighted by Crippen LogP contribution is -2.09. The molecule has 162 valence electrons. The van der Waals surface area contributed by atoms with Crippen LogP contribution < -0.4 is 0 Å². The molecule has 0 fully saturated rings. The molecule has 1 aromatic rings. The summed E-state index contributed by atoms with van der Waals surface area (Å²) < 4.78 is 10.3. The minimum Gasteiger partial charge on any atom is -0.465 e. The number of rotatable bonds is 14. The van der Waals surface area contributed by atoms with Gasteiger partial charge < -0.3 is 9.47 Å². The zero-order valence-corrected chi connectivity index (χ0v) is 17.8. The van der Waals surface area contributed by atoms with Gasteiger partial charge in [-0.15, -0.1) is 0 Å². The number of benzene rings is 1. The summed E-state index contributed by atoms with van der Waals surface area (Å²) in [6, 6.07) is 4.99. The van der Waals surface area contributed by atoms with Gasteiger partial charge in [0.2, 0.25) is 0 Å². The van der Waals surface area contributed by atoms with Gasteiger partial charge in [-0.2, -0.15) is 0 Å². The summed E-state index contributed by atoms with van der Waals surface area (Å²) >= 11 is 0. The number of nitrogens with zero attached hydrogens (tertiary/aromatic N) is 1. The fourth-order valence-electron chi connectivity index (χ4n) is 2.91. The van der Waals surface area contributed by atoms with E-state index in [2.05, 4.69) is 0 Å². The van der Waals surface area contributed by atoms with Gasteiger partial charge in [0.1, 0.15) is 6.61 Å². The Morgan fingerprint density at radius 3 is 2.07 bits per heavy atom. The second-order valence-electron chi connectivity index (χ2n) is 7.70. The maximum atomic E-state index is 11.9. The fraction of sp³-hybridized carbons (Fsp3) is 0.636. The average Bonchev–Trinajstić information content (AvgIpc) is 2.66. The number of carbonyl (C=O) groups is 2. The number of aryl methyl sites for hydroxylation is 1.